The zero-order chi connectivity index (χ0) is 13.9. The SMILES string of the molecule is Cc1ccc(NC(CN)c2csc3ccccc23)cc1. The van der Waals surface area contributed by atoms with Crippen LogP contribution in [0.25, 0.3) is 10.1 Å². The number of nitrogens with one attached hydrogen (secondary N) is 1. The maximum Gasteiger partial charge on any atom is 0.0650 e. The molecule has 0 aliphatic rings. The third-order valence-electron chi connectivity index (χ3n) is 3.51. The molecule has 1 heterocycles. The van der Waals surface area contributed by atoms with E-state index in [1.54, 1.807) is 11.3 Å². The van der Waals surface area contributed by atoms with Crippen molar-refractivity contribution >= 4 is 27.1 Å². The molecule has 1 unspecified atom stereocenters. The second-order valence-electron chi connectivity index (χ2n) is 4.99. The summed E-state index contributed by atoms with van der Waals surface area (Å²) in [5, 5.41) is 7.04. The molecule has 0 saturated heterocycles. The Labute approximate surface area is 123 Å². The molecule has 0 saturated carbocycles. The fourth-order valence-corrected chi connectivity index (χ4v) is 3.40. The second kappa shape index (κ2) is 5.65. The lowest BCUT2D eigenvalue weighted by atomic mass is 10.1. The standard InChI is InChI=1S/C17H18N2S/c1-12-6-8-13(9-7-12)19-16(10-18)15-11-20-17-5-3-2-4-14(15)17/h2-9,11,16,19H,10,18H2,1H3. The van der Waals surface area contributed by atoms with Gasteiger partial charge in [-0.2, -0.15) is 0 Å². The van der Waals surface area contributed by atoms with E-state index in [2.05, 4.69) is 66.2 Å². The van der Waals surface area contributed by atoms with Crippen LogP contribution in [-0.4, -0.2) is 6.54 Å². The van der Waals surface area contributed by atoms with Gasteiger partial charge in [0.25, 0.3) is 0 Å². The lowest BCUT2D eigenvalue weighted by Crippen LogP contribution is -2.20. The van der Waals surface area contributed by atoms with Crippen LogP contribution in [0.15, 0.2) is 53.9 Å². The van der Waals surface area contributed by atoms with Crippen molar-refractivity contribution in [1.29, 1.82) is 0 Å². The molecule has 0 aliphatic heterocycles. The first kappa shape index (κ1) is 13.2. The van der Waals surface area contributed by atoms with Crippen molar-refractivity contribution in [2.24, 2.45) is 5.73 Å². The molecule has 2 aromatic carbocycles. The van der Waals surface area contributed by atoms with Gasteiger partial charge in [-0.25, -0.2) is 0 Å². The summed E-state index contributed by atoms with van der Waals surface area (Å²) in [5.41, 5.74) is 9.64. The second-order valence-corrected chi connectivity index (χ2v) is 5.90. The number of anilines is 1. The molecule has 1 aromatic heterocycles. The van der Waals surface area contributed by atoms with E-state index in [1.807, 2.05) is 0 Å². The molecule has 0 radical (unpaired) electrons. The summed E-state index contributed by atoms with van der Waals surface area (Å²) < 4.78 is 1.31. The van der Waals surface area contributed by atoms with Crippen molar-refractivity contribution in [2.75, 3.05) is 11.9 Å². The van der Waals surface area contributed by atoms with E-state index in [4.69, 9.17) is 5.73 Å². The molecule has 102 valence electrons. The summed E-state index contributed by atoms with van der Waals surface area (Å²) in [6.07, 6.45) is 0. The molecule has 0 spiro atoms. The molecule has 0 amide bonds. The smallest absolute Gasteiger partial charge is 0.0650 e. The zero-order valence-corrected chi connectivity index (χ0v) is 12.3. The van der Waals surface area contributed by atoms with Crippen molar-refractivity contribution in [2.45, 2.75) is 13.0 Å². The van der Waals surface area contributed by atoms with Gasteiger partial charge < -0.3 is 11.1 Å². The highest BCUT2D eigenvalue weighted by Crippen LogP contribution is 2.31. The number of hydrogen-bond acceptors (Lipinski definition) is 3. The van der Waals surface area contributed by atoms with Crippen LogP contribution >= 0.6 is 11.3 Å². The van der Waals surface area contributed by atoms with Crippen molar-refractivity contribution in [3.05, 3.63) is 65.0 Å². The highest BCUT2D eigenvalue weighted by molar-refractivity contribution is 7.17. The van der Waals surface area contributed by atoms with E-state index in [0.29, 0.717) is 6.54 Å². The van der Waals surface area contributed by atoms with Crippen molar-refractivity contribution in [3.63, 3.8) is 0 Å². The zero-order valence-electron chi connectivity index (χ0n) is 11.5. The Morgan fingerprint density at radius 1 is 1.10 bits per heavy atom. The van der Waals surface area contributed by atoms with Gasteiger partial charge >= 0.3 is 0 Å². The van der Waals surface area contributed by atoms with Crippen LogP contribution in [0.1, 0.15) is 17.2 Å². The number of nitrogens with two attached hydrogens (primary N) is 1. The Kier molecular flexibility index (Phi) is 3.72. The first-order valence-corrected chi connectivity index (χ1v) is 7.65. The molecule has 1 atom stereocenters. The van der Waals surface area contributed by atoms with Gasteiger partial charge in [-0.1, -0.05) is 35.9 Å². The molecule has 20 heavy (non-hydrogen) atoms. The average Bonchev–Trinajstić information content (AvgIpc) is 2.91. The number of fused-ring (bicyclic) bond motifs is 1. The predicted octanol–water partition coefficient (Wildman–Crippen LogP) is 4.32. The van der Waals surface area contributed by atoms with Crippen molar-refractivity contribution in [1.82, 2.24) is 0 Å². The fourth-order valence-electron chi connectivity index (χ4n) is 2.38. The van der Waals surface area contributed by atoms with Crippen molar-refractivity contribution in [3.8, 4) is 0 Å². The molecule has 0 fully saturated rings. The third kappa shape index (κ3) is 2.55. The van der Waals surface area contributed by atoms with Gasteiger partial charge in [0.1, 0.15) is 0 Å². The molecular formula is C17H18N2S. The maximum absolute atomic E-state index is 5.97. The lowest BCUT2D eigenvalue weighted by Gasteiger charge is -2.18. The predicted molar refractivity (Wildman–Crippen MR) is 88.4 cm³/mol. The Balaban J connectivity index is 1.91. The summed E-state index contributed by atoms with van der Waals surface area (Å²) in [4.78, 5) is 0. The molecule has 3 heteroatoms. The van der Waals surface area contributed by atoms with Crippen LogP contribution < -0.4 is 11.1 Å². The van der Waals surface area contributed by atoms with Gasteiger partial charge in [-0.15, -0.1) is 11.3 Å². The third-order valence-corrected chi connectivity index (χ3v) is 4.50. The molecule has 0 bridgehead atoms. The first-order chi connectivity index (χ1) is 9.78. The van der Waals surface area contributed by atoms with Crippen LogP contribution in [0.5, 0.6) is 0 Å². The Morgan fingerprint density at radius 2 is 1.85 bits per heavy atom. The highest BCUT2D eigenvalue weighted by atomic mass is 32.1. The van der Waals surface area contributed by atoms with Crippen LogP contribution in [0.3, 0.4) is 0 Å². The molecule has 2 nitrogen and oxygen atoms in total. The van der Waals surface area contributed by atoms with E-state index in [0.717, 1.165) is 5.69 Å². The number of benzene rings is 2. The normalized spacial score (nSPS) is 12.5. The van der Waals surface area contributed by atoms with E-state index in [1.165, 1.54) is 21.2 Å². The van der Waals surface area contributed by atoms with Crippen LogP contribution in [0.2, 0.25) is 0 Å². The molecule has 3 aromatic rings. The summed E-state index contributed by atoms with van der Waals surface area (Å²) in [7, 11) is 0. The van der Waals surface area contributed by atoms with Gasteiger partial charge in [-0.05, 0) is 41.5 Å². The molecule has 0 aliphatic carbocycles. The minimum absolute atomic E-state index is 0.147. The summed E-state index contributed by atoms with van der Waals surface area (Å²) in [6.45, 7) is 2.67. The van der Waals surface area contributed by atoms with Gasteiger partial charge in [0.15, 0.2) is 0 Å². The van der Waals surface area contributed by atoms with Gasteiger partial charge in [-0.3, -0.25) is 0 Å². The molecule has 3 rings (SSSR count). The fraction of sp³-hybridized carbons (Fsp3) is 0.176. The van der Waals surface area contributed by atoms with E-state index >= 15 is 0 Å². The monoisotopic (exact) mass is 282 g/mol. The topological polar surface area (TPSA) is 38.0 Å². The lowest BCUT2D eigenvalue weighted by molar-refractivity contribution is 0.799. The minimum atomic E-state index is 0.147. The summed E-state index contributed by atoms with van der Waals surface area (Å²) >= 11 is 1.78. The van der Waals surface area contributed by atoms with Crippen LogP contribution in [0, 0.1) is 6.92 Å². The van der Waals surface area contributed by atoms with E-state index in [9.17, 15) is 0 Å². The minimum Gasteiger partial charge on any atom is -0.377 e. The Bertz CT molecular complexity index is 700. The molecular weight excluding hydrogens is 264 g/mol. The van der Waals surface area contributed by atoms with Gasteiger partial charge in [0, 0.05) is 16.9 Å². The van der Waals surface area contributed by atoms with Crippen molar-refractivity contribution < 1.29 is 0 Å². The van der Waals surface area contributed by atoms with E-state index < -0.39 is 0 Å². The van der Waals surface area contributed by atoms with Crippen LogP contribution in [0.4, 0.5) is 5.69 Å². The van der Waals surface area contributed by atoms with Crippen LogP contribution in [-0.2, 0) is 0 Å². The number of rotatable bonds is 4. The first-order valence-electron chi connectivity index (χ1n) is 6.77. The van der Waals surface area contributed by atoms with E-state index in [-0.39, 0.29) is 6.04 Å². The summed E-state index contributed by atoms with van der Waals surface area (Å²) in [6, 6.07) is 17.1. The number of thiophene rings is 1. The van der Waals surface area contributed by atoms with Gasteiger partial charge in [0.2, 0.25) is 0 Å². The largest absolute Gasteiger partial charge is 0.377 e. The maximum atomic E-state index is 5.97. The average molecular weight is 282 g/mol. The quantitative estimate of drug-likeness (QED) is 0.748. The van der Waals surface area contributed by atoms with Gasteiger partial charge in [0.05, 0.1) is 6.04 Å². The highest BCUT2D eigenvalue weighted by Gasteiger charge is 2.14. The summed E-state index contributed by atoms with van der Waals surface area (Å²) in [5.74, 6) is 0. The number of aryl methyl sites for hydroxylation is 1. The number of hydrogen-bond donors (Lipinski definition) is 2. The Hall–Kier alpha value is -1.84. The Morgan fingerprint density at radius 3 is 2.60 bits per heavy atom. The molecule has 3 N–H and O–H groups in total.